The molecule has 4 heteroatoms. The fourth-order valence-corrected chi connectivity index (χ4v) is 2.58. The molecule has 1 amide bonds. The Labute approximate surface area is 115 Å². The molecule has 2 aliphatic rings. The van der Waals surface area contributed by atoms with Gasteiger partial charge in [0.25, 0.3) is 0 Å². The first kappa shape index (κ1) is 14.0. The van der Waals surface area contributed by atoms with Crippen LogP contribution in [0.2, 0.25) is 0 Å². The number of amides is 1. The standard InChI is InChI=1S/C15H24N2O2/c1-2-3-4-5-9-14-11-17(15(18)19-14)13-8-6-7-12(16)10-13/h8,10,14H,2-7,9,11,16H2,1H3. The molecule has 0 aromatic carbocycles. The minimum atomic E-state index is -0.224. The summed E-state index contributed by atoms with van der Waals surface area (Å²) >= 11 is 0. The highest BCUT2D eigenvalue weighted by Crippen LogP contribution is 2.25. The summed E-state index contributed by atoms with van der Waals surface area (Å²) in [6, 6.07) is 0. The molecule has 0 saturated carbocycles. The molecule has 1 aliphatic heterocycles. The van der Waals surface area contributed by atoms with Crippen molar-refractivity contribution in [2.45, 2.75) is 58.0 Å². The van der Waals surface area contributed by atoms with Crippen LogP contribution in [0, 0.1) is 0 Å². The number of nitrogens with zero attached hydrogens (tertiary/aromatic N) is 1. The molecule has 106 valence electrons. The SMILES string of the molecule is CCCCCCC1CN(C2=CCCC(N)=C2)C(=O)O1. The summed E-state index contributed by atoms with van der Waals surface area (Å²) in [5.41, 5.74) is 7.58. The van der Waals surface area contributed by atoms with Crippen LogP contribution in [0.1, 0.15) is 51.9 Å². The molecule has 2 rings (SSSR count). The molecule has 0 bridgehead atoms. The Morgan fingerprint density at radius 3 is 3.00 bits per heavy atom. The summed E-state index contributed by atoms with van der Waals surface area (Å²) in [5.74, 6) is 0. The zero-order chi connectivity index (χ0) is 13.7. The van der Waals surface area contributed by atoms with E-state index in [0.29, 0.717) is 6.54 Å². The summed E-state index contributed by atoms with van der Waals surface area (Å²) in [4.78, 5) is 13.6. The predicted octanol–water partition coefficient (Wildman–Crippen LogP) is 3.30. The Morgan fingerprint density at radius 2 is 2.26 bits per heavy atom. The summed E-state index contributed by atoms with van der Waals surface area (Å²) in [7, 11) is 0. The molecule has 0 spiro atoms. The number of nitrogens with two attached hydrogens (primary N) is 1. The van der Waals surface area contributed by atoms with Gasteiger partial charge in [-0.25, -0.2) is 4.79 Å². The first-order valence-corrected chi connectivity index (χ1v) is 7.35. The second-order valence-corrected chi connectivity index (χ2v) is 5.35. The van der Waals surface area contributed by atoms with Crippen molar-refractivity contribution in [1.29, 1.82) is 0 Å². The van der Waals surface area contributed by atoms with E-state index in [9.17, 15) is 4.79 Å². The molecule has 4 nitrogen and oxygen atoms in total. The number of ether oxygens (including phenoxy) is 1. The molecular weight excluding hydrogens is 240 g/mol. The molecule has 1 unspecified atom stereocenters. The zero-order valence-corrected chi connectivity index (χ0v) is 11.7. The van der Waals surface area contributed by atoms with Crippen LogP contribution in [0.5, 0.6) is 0 Å². The second-order valence-electron chi connectivity index (χ2n) is 5.35. The molecule has 0 aromatic heterocycles. The normalized spacial score (nSPS) is 23.1. The van der Waals surface area contributed by atoms with Crippen molar-refractivity contribution in [1.82, 2.24) is 4.90 Å². The number of allylic oxidation sites excluding steroid dienone is 3. The maximum Gasteiger partial charge on any atom is 0.414 e. The number of rotatable bonds is 6. The van der Waals surface area contributed by atoms with Crippen molar-refractivity contribution in [2.24, 2.45) is 5.73 Å². The van der Waals surface area contributed by atoms with E-state index in [-0.39, 0.29) is 12.2 Å². The summed E-state index contributed by atoms with van der Waals surface area (Å²) < 4.78 is 5.42. The van der Waals surface area contributed by atoms with E-state index in [4.69, 9.17) is 10.5 Å². The number of carbonyl (C=O) groups excluding carboxylic acids is 1. The predicted molar refractivity (Wildman–Crippen MR) is 75.3 cm³/mol. The van der Waals surface area contributed by atoms with Gasteiger partial charge in [0.05, 0.1) is 6.54 Å². The van der Waals surface area contributed by atoms with E-state index in [1.807, 2.05) is 6.08 Å². The second kappa shape index (κ2) is 6.64. The van der Waals surface area contributed by atoms with Crippen molar-refractivity contribution in [3.63, 3.8) is 0 Å². The van der Waals surface area contributed by atoms with Crippen LogP contribution in [0.25, 0.3) is 0 Å². The van der Waals surface area contributed by atoms with E-state index in [1.54, 1.807) is 4.90 Å². The number of unbranched alkanes of at least 4 members (excludes halogenated alkanes) is 3. The average Bonchev–Trinajstić information content (AvgIpc) is 2.76. The number of hydrogen-bond acceptors (Lipinski definition) is 3. The van der Waals surface area contributed by atoms with Crippen molar-refractivity contribution in [3.8, 4) is 0 Å². The van der Waals surface area contributed by atoms with Gasteiger partial charge in [0.15, 0.2) is 0 Å². The van der Waals surface area contributed by atoms with Crippen molar-refractivity contribution in [3.05, 3.63) is 23.5 Å². The Hall–Kier alpha value is -1.45. The molecule has 1 fully saturated rings. The van der Waals surface area contributed by atoms with Gasteiger partial charge >= 0.3 is 6.09 Å². The quantitative estimate of drug-likeness (QED) is 0.749. The smallest absolute Gasteiger partial charge is 0.414 e. The topological polar surface area (TPSA) is 55.6 Å². The largest absolute Gasteiger partial charge is 0.444 e. The van der Waals surface area contributed by atoms with Gasteiger partial charge in [0.1, 0.15) is 6.10 Å². The molecular formula is C15H24N2O2. The van der Waals surface area contributed by atoms with Crippen LogP contribution < -0.4 is 5.73 Å². The van der Waals surface area contributed by atoms with E-state index in [1.165, 1.54) is 19.3 Å². The van der Waals surface area contributed by atoms with Crippen LogP contribution in [0.4, 0.5) is 4.79 Å². The Balaban J connectivity index is 1.84. The fourth-order valence-electron chi connectivity index (χ4n) is 2.58. The van der Waals surface area contributed by atoms with E-state index < -0.39 is 0 Å². The van der Waals surface area contributed by atoms with Crippen molar-refractivity contribution < 1.29 is 9.53 Å². The third kappa shape index (κ3) is 3.75. The van der Waals surface area contributed by atoms with Crippen LogP contribution in [0.3, 0.4) is 0 Å². The molecule has 1 saturated heterocycles. The molecule has 1 heterocycles. The minimum absolute atomic E-state index is 0.0433. The zero-order valence-electron chi connectivity index (χ0n) is 11.7. The van der Waals surface area contributed by atoms with E-state index >= 15 is 0 Å². The Kier molecular flexibility index (Phi) is 4.88. The highest BCUT2D eigenvalue weighted by atomic mass is 16.6. The van der Waals surface area contributed by atoms with Crippen LogP contribution in [-0.2, 0) is 4.74 Å². The van der Waals surface area contributed by atoms with E-state index in [2.05, 4.69) is 13.0 Å². The van der Waals surface area contributed by atoms with Gasteiger partial charge in [0.2, 0.25) is 0 Å². The molecule has 1 atom stereocenters. The monoisotopic (exact) mass is 264 g/mol. The first-order valence-electron chi connectivity index (χ1n) is 7.35. The molecule has 2 N–H and O–H groups in total. The van der Waals surface area contributed by atoms with Crippen molar-refractivity contribution in [2.75, 3.05) is 6.54 Å². The van der Waals surface area contributed by atoms with Gasteiger partial charge in [0, 0.05) is 11.4 Å². The summed E-state index contributed by atoms with van der Waals surface area (Å²) in [6.07, 6.45) is 11.4. The van der Waals surface area contributed by atoms with Crippen LogP contribution >= 0.6 is 0 Å². The molecule has 0 radical (unpaired) electrons. The number of hydrogen-bond donors (Lipinski definition) is 1. The van der Waals surface area contributed by atoms with Gasteiger partial charge in [-0.1, -0.05) is 32.3 Å². The van der Waals surface area contributed by atoms with Gasteiger partial charge < -0.3 is 10.5 Å². The van der Waals surface area contributed by atoms with Gasteiger partial charge in [-0.3, -0.25) is 4.90 Å². The lowest BCUT2D eigenvalue weighted by atomic mass is 10.1. The van der Waals surface area contributed by atoms with Gasteiger partial charge in [-0.2, -0.15) is 0 Å². The maximum absolute atomic E-state index is 11.9. The lowest BCUT2D eigenvalue weighted by molar-refractivity contribution is 0.130. The van der Waals surface area contributed by atoms with Crippen molar-refractivity contribution >= 4 is 6.09 Å². The molecule has 1 aliphatic carbocycles. The third-order valence-electron chi connectivity index (χ3n) is 3.69. The number of carbonyl (C=O) groups is 1. The lowest BCUT2D eigenvalue weighted by Crippen LogP contribution is -2.25. The van der Waals surface area contributed by atoms with E-state index in [0.717, 1.165) is 37.1 Å². The highest BCUT2D eigenvalue weighted by molar-refractivity contribution is 5.73. The highest BCUT2D eigenvalue weighted by Gasteiger charge is 2.32. The average molecular weight is 264 g/mol. The molecule has 0 aromatic rings. The van der Waals surface area contributed by atoms with Gasteiger partial charge in [-0.05, 0) is 31.8 Å². The summed E-state index contributed by atoms with van der Waals surface area (Å²) in [6.45, 7) is 2.87. The Bertz CT molecular complexity index is 388. The first-order chi connectivity index (χ1) is 9.20. The Morgan fingerprint density at radius 1 is 1.42 bits per heavy atom. The summed E-state index contributed by atoms with van der Waals surface area (Å²) in [5, 5.41) is 0. The van der Waals surface area contributed by atoms with Crippen LogP contribution in [0.15, 0.2) is 23.5 Å². The number of cyclic esters (lactones) is 1. The minimum Gasteiger partial charge on any atom is -0.444 e. The van der Waals surface area contributed by atoms with Crippen LogP contribution in [-0.4, -0.2) is 23.6 Å². The molecule has 19 heavy (non-hydrogen) atoms. The fraction of sp³-hybridized carbons (Fsp3) is 0.667. The van der Waals surface area contributed by atoms with Gasteiger partial charge in [-0.15, -0.1) is 0 Å². The third-order valence-corrected chi connectivity index (χ3v) is 3.69. The maximum atomic E-state index is 11.9. The lowest BCUT2D eigenvalue weighted by Gasteiger charge is -2.18.